The lowest BCUT2D eigenvalue weighted by atomic mass is 9.92. The van der Waals surface area contributed by atoms with Gasteiger partial charge < -0.3 is 9.64 Å². The number of thioether (sulfide) groups is 1. The highest BCUT2D eigenvalue weighted by Gasteiger charge is 2.26. The highest BCUT2D eigenvalue weighted by Crippen LogP contribution is 2.23. The number of aromatic nitrogens is 2. The maximum absolute atomic E-state index is 12.7. The number of ether oxygens (including phenoxy) is 1. The van der Waals surface area contributed by atoms with Crippen LogP contribution in [0, 0.1) is 25.7 Å². The van der Waals surface area contributed by atoms with E-state index in [1.54, 1.807) is 12.1 Å². The number of carbonyl (C=O) groups excluding carboxylic acids is 2. The number of amides is 1. The van der Waals surface area contributed by atoms with Crippen LogP contribution in [0.25, 0.3) is 0 Å². The average Bonchev–Trinajstić information content (AvgIpc) is 2.69. The van der Waals surface area contributed by atoms with Crippen molar-refractivity contribution in [2.24, 2.45) is 11.8 Å². The Morgan fingerprint density at radius 1 is 1.10 bits per heavy atom. The Labute approximate surface area is 182 Å². The molecule has 0 bridgehead atoms. The molecule has 1 aliphatic heterocycles. The van der Waals surface area contributed by atoms with Crippen molar-refractivity contribution in [3.05, 3.63) is 52.8 Å². The minimum atomic E-state index is -0.473. The number of likely N-dealkylation sites (tertiary alicyclic amines) is 1. The van der Waals surface area contributed by atoms with Crippen LogP contribution in [0.2, 0.25) is 0 Å². The predicted molar refractivity (Wildman–Crippen MR) is 117 cm³/mol. The van der Waals surface area contributed by atoms with E-state index < -0.39 is 5.97 Å². The van der Waals surface area contributed by atoms with E-state index in [0.29, 0.717) is 28.3 Å². The van der Waals surface area contributed by atoms with Crippen molar-refractivity contribution >= 4 is 23.6 Å². The van der Waals surface area contributed by atoms with Gasteiger partial charge in [-0.05, 0) is 49.8 Å². The third-order valence-corrected chi connectivity index (χ3v) is 6.00. The fourth-order valence-electron chi connectivity index (χ4n) is 3.91. The molecule has 0 aliphatic carbocycles. The molecule has 7 heteroatoms. The number of aryl methyl sites for hydroxylation is 2. The second kappa shape index (κ2) is 10.1. The summed E-state index contributed by atoms with van der Waals surface area (Å²) in [6, 6.07) is 9.24. The van der Waals surface area contributed by atoms with Gasteiger partial charge in [0.1, 0.15) is 0 Å². The van der Waals surface area contributed by atoms with Crippen molar-refractivity contribution in [1.29, 1.82) is 0 Å². The lowest BCUT2D eigenvalue weighted by Gasteiger charge is -2.34. The van der Waals surface area contributed by atoms with Crippen molar-refractivity contribution in [2.45, 2.75) is 45.0 Å². The first kappa shape index (κ1) is 22.3. The quantitative estimate of drug-likeness (QED) is 0.393. The molecular weight excluding hydrogens is 398 g/mol. The second-order valence-electron chi connectivity index (χ2n) is 8.20. The summed E-state index contributed by atoms with van der Waals surface area (Å²) in [7, 11) is 0. The number of nitrogens with zero attached hydrogens (tertiary/aromatic N) is 3. The summed E-state index contributed by atoms with van der Waals surface area (Å²) in [5.74, 6) is 0.886. The first-order valence-electron chi connectivity index (χ1n) is 10.3. The molecule has 1 aromatic carbocycles. The Balaban J connectivity index is 1.60. The van der Waals surface area contributed by atoms with Crippen molar-refractivity contribution in [3.8, 4) is 0 Å². The lowest BCUT2D eigenvalue weighted by Crippen LogP contribution is -2.44. The van der Waals surface area contributed by atoms with Gasteiger partial charge in [0.15, 0.2) is 11.8 Å². The first-order valence-corrected chi connectivity index (χ1v) is 11.3. The molecule has 0 N–H and O–H groups in total. The molecule has 1 saturated heterocycles. The van der Waals surface area contributed by atoms with Crippen LogP contribution in [-0.4, -0.2) is 46.4 Å². The Kier molecular flexibility index (Phi) is 7.48. The van der Waals surface area contributed by atoms with E-state index in [9.17, 15) is 9.59 Å². The molecule has 160 valence electrons. The van der Waals surface area contributed by atoms with E-state index >= 15 is 0 Å². The van der Waals surface area contributed by atoms with E-state index in [0.717, 1.165) is 36.5 Å². The van der Waals surface area contributed by atoms with Gasteiger partial charge in [-0.25, -0.2) is 14.8 Å². The zero-order valence-corrected chi connectivity index (χ0v) is 18.9. The van der Waals surface area contributed by atoms with Gasteiger partial charge in [-0.2, -0.15) is 0 Å². The van der Waals surface area contributed by atoms with Crippen molar-refractivity contribution < 1.29 is 14.3 Å². The van der Waals surface area contributed by atoms with E-state index in [4.69, 9.17) is 4.74 Å². The maximum atomic E-state index is 12.7. The van der Waals surface area contributed by atoms with Crippen LogP contribution in [0.3, 0.4) is 0 Å². The van der Waals surface area contributed by atoms with Gasteiger partial charge in [-0.1, -0.05) is 43.8 Å². The molecule has 0 saturated carbocycles. The molecule has 3 rings (SSSR count). The zero-order chi connectivity index (χ0) is 21.7. The summed E-state index contributed by atoms with van der Waals surface area (Å²) in [6.07, 6.45) is 1.12. The summed E-state index contributed by atoms with van der Waals surface area (Å²) >= 11 is 1.48. The predicted octanol–water partition coefficient (Wildman–Crippen LogP) is 4.05. The van der Waals surface area contributed by atoms with Crippen LogP contribution in [0.1, 0.15) is 47.6 Å². The number of carbonyl (C=O) groups is 2. The number of hydrogen-bond donors (Lipinski definition) is 0. The van der Waals surface area contributed by atoms with Gasteiger partial charge in [-0.3, -0.25) is 4.79 Å². The number of hydrogen-bond acceptors (Lipinski definition) is 6. The minimum absolute atomic E-state index is 0.128. The molecule has 1 aromatic heterocycles. The highest BCUT2D eigenvalue weighted by molar-refractivity contribution is 7.98. The SMILES string of the molecule is Cc1cc(C)nc(SCc2ccccc2C(=O)OCC(=O)N2C[C@H](C)C[C@H](C)C2)n1. The lowest BCUT2D eigenvalue weighted by molar-refractivity contribution is -0.137. The molecule has 1 aliphatic rings. The molecule has 6 nitrogen and oxygen atoms in total. The van der Waals surface area contributed by atoms with E-state index in [1.165, 1.54) is 11.8 Å². The number of esters is 1. The molecular formula is C23H29N3O3S. The minimum Gasteiger partial charge on any atom is -0.452 e. The van der Waals surface area contributed by atoms with Crippen LogP contribution >= 0.6 is 11.8 Å². The smallest absolute Gasteiger partial charge is 0.338 e. The van der Waals surface area contributed by atoms with E-state index in [-0.39, 0.29) is 12.5 Å². The number of rotatable bonds is 6. The van der Waals surface area contributed by atoms with Crippen LogP contribution in [-0.2, 0) is 15.3 Å². The summed E-state index contributed by atoms with van der Waals surface area (Å²) in [5.41, 5.74) is 3.14. The van der Waals surface area contributed by atoms with Crippen molar-refractivity contribution in [2.75, 3.05) is 19.7 Å². The van der Waals surface area contributed by atoms with Crippen molar-refractivity contribution in [1.82, 2.24) is 14.9 Å². The highest BCUT2D eigenvalue weighted by atomic mass is 32.2. The fourth-order valence-corrected chi connectivity index (χ4v) is 4.86. The molecule has 2 heterocycles. The maximum Gasteiger partial charge on any atom is 0.338 e. The average molecular weight is 428 g/mol. The molecule has 30 heavy (non-hydrogen) atoms. The second-order valence-corrected chi connectivity index (χ2v) is 9.14. The molecule has 1 amide bonds. The summed E-state index contributed by atoms with van der Waals surface area (Å²) in [4.78, 5) is 35.9. The van der Waals surface area contributed by atoms with E-state index in [2.05, 4.69) is 23.8 Å². The number of piperidine rings is 1. The molecule has 0 radical (unpaired) electrons. The Bertz CT molecular complexity index is 888. The molecule has 2 aromatic rings. The van der Waals surface area contributed by atoms with Gasteiger partial charge in [0, 0.05) is 30.2 Å². The van der Waals surface area contributed by atoms with Gasteiger partial charge in [0.2, 0.25) is 0 Å². The van der Waals surface area contributed by atoms with Gasteiger partial charge in [-0.15, -0.1) is 0 Å². The third kappa shape index (κ3) is 6.05. The standard InChI is InChI=1S/C23H29N3O3S/c1-15-9-16(2)12-26(11-15)21(27)13-29-22(28)20-8-6-5-7-19(20)14-30-23-24-17(3)10-18(4)25-23/h5-8,10,15-16H,9,11-14H2,1-4H3/t15-,16+. The monoisotopic (exact) mass is 427 g/mol. The van der Waals surface area contributed by atoms with Crippen LogP contribution in [0.15, 0.2) is 35.5 Å². The third-order valence-electron chi connectivity index (χ3n) is 5.10. The molecule has 1 fully saturated rings. The van der Waals surface area contributed by atoms with Gasteiger partial charge in [0.05, 0.1) is 5.56 Å². The van der Waals surface area contributed by atoms with Gasteiger partial charge >= 0.3 is 5.97 Å². The normalized spacial score (nSPS) is 18.9. The summed E-state index contributed by atoms with van der Waals surface area (Å²) in [6.45, 7) is 9.40. The van der Waals surface area contributed by atoms with Crippen LogP contribution in [0.4, 0.5) is 0 Å². The van der Waals surface area contributed by atoms with Crippen molar-refractivity contribution in [3.63, 3.8) is 0 Å². The Hall–Kier alpha value is -2.41. The molecule has 0 spiro atoms. The van der Waals surface area contributed by atoms with Crippen LogP contribution < -0.4 is 0 Å². The topological polar surface area (TPSA) is 72.4 Å². The van der Waals surface area contributed by atoms with Crippen LogP contribution in [0.5, 0.6) is 0 Å². The zero-order valence-electron chi connectivity index (χ0n) is 18.1. The fraction of sp³-hybridized carbons (Fsp3) is 0.478. The molecule has 0 unspecified atom stereocenters. The molecule has 2 atom stereocenters. The summed E-state index contributed by atoms with van der Waals surface area (Å²) < 4.78 is 5.37. The largest absolute Gasteiger partial charge is 0.452 e. The summed E-state index contributed by atoms with van der Waals surface area (Å²) in [5, 5.41) is 0.680. The number of benzene rings is 1. The first-order chi connectivity index (χ1) is 14.3. The van der Waals surface area contributed by atoms with E-state index in [1.807, 2.05) is 36.9 Å². The van der Waals surface area contributed by atoms with Gasteiger partial charge in [0.25, 0.3) is 5.91 Å². The Morgan fingerprint density at radius 3 is 2.40 bits per heavy atom. The Morgan fingerprint density at radius 2 is 1.73 bits per heavy atom.